The van der Waals surface area contributed by atoms with E-state index in [9.17, 15) is 4.79 Å². The number of benzene rings is 2. The molecule has 114 valence electrons. The quantitative estimate of drug-likeness (QED) is 0.680. The van der Waals surface area contributed by atoms with Crippen LogP contribution in [0.4, 0.5) is 0 Å². The van der Waals surface area contributed by atoms with E-state index in [1.54, 1.807) is 6.21 Å². The number of ether oxygens (including phenoxy) is 1. The molecule has 0 fully saturated rings. The van der Waals surface area contributed by atoms with Crippen molar-refractivity contribution in [3.8, 4) is 5.75 Å². The molecule has 0 heterocycles. The number of carbonyl (C=O) groups excluding carboxylic acids is 1. The van der Waals surface area contributed by atoms with Crippen molar-refractivity contribution in [3.63, 3.8) is 0 Å². The number of hydrazone groups is 1. The number of hydrogen-bond donors (Lipinski definition) is 1. The number of rotatable bonds is 5. The van der Waals surface area contributed by atoms with Gasteiger partial charge < -0.3 is 4.74 Å². The summed E-state index contributed by atoms with van der Waals surface area (Å²) in [6.07, 6.45) is 1.61. The molecule has 1 N–H and O–H groups in total. The molecule has 4 nitrogen and oxygen atoms in total. The first-order valence-corrected chi connectivity index (χ1v) is 7.13. The van der Waals surface area contributed by atoms with Crippen LogP contribution in [0.5, 0.6) is 5.75 Å². The van der Waals surface area contributed by atoms with E-state index < -0.39 is 0 Å². The first kappa shape index (κ1) is 15.8. The minimum atomic E-state index is -0.288. The highest BCUT2D eigenvalue weighted by atomic mass is 16.5. The Morgan fingerprint density at radius 2 is 1.91 bits per heavy atom. The van der Waals surface area contributed by atoms with Crippen molar-refractivity contribution in [2.24, 2.45) is 5.10 Å². The van der Waals surface area contributed by atoms with Crippen LogP contribution in [0.15, 0.2) is 47.6 Å². The Hall–Kier alpha value is -2.62. The van der Waals surface area contributed by atoms with Crippen LogP contribution in [0.3, 0.4) is 0 Å². The number of hydrogen-bond acceptors (Lipinski definition) is 3. The third-order valence-electron chi connectivity index (χ3n) is 3.13. The molecule has 0 saturated carbocycles. The Morgan fingerprint density at radius 1 is 1.14 bits per heavy atom. The molecule has 0 saturated heterocycles. The third-order valence-corrected chi connectivity index (χ3v) is 3.13. The molecule has 2 rings (SSSR count). The summed E-state index contributed by atoms with van der Waals surface area (Å²) in [5.41, 5.74) is 6.72. The molecule has 1 amide bonds. The topological polar surface area (TPSA) is 50.7 Å². The van der Waals surface area contributed by atoms with Crippen LogP contribution < -0.4 is 10.2 Å². The summed E-state index contributed by atoms with van der Waals surface area (Å²) < 4.78 is 5.49. The Morgan fingerprint density at radius 3 is 2.64 bits per heavy atom. The van der Waals surface area contributed by atoms with Gasteiger partial charge in [0.2, 0.25) is 0 Å². The average molecular weight is 296 g/mol. The summed E-state index contributed by atoms with van der Waals surface area (Å²) in [5.74, 6) is 0.423. The zero-order valence-corrected chi connectivity index (χ0v) is 13.1. The van der Waals surface area contributed by atoms with Gasteiger partial charge in [0.05, 0.1) is 6.21 Å². The highest BCUT2D eigenvalue weighted by Crippen LogP contribution is 2.18. The maximum atomic E-state index is 11.7. The Balaban J connectivity index is 1.83. The van der Waals surface area contributed by atoms with Gasteiger partial charge in [-0.15, -0.1) is 0 Å². The number of nitrogens with one attached hydrogen (secondary N) is 1. The minimum absolute atomic E-state index is 0.0605. The molecular formula is C18H20N2O2. The second-order valence-electron chi connectivity index (χ2n) is 5.26. The normalized spacial score (nSPS) is 10.7. The number of nitrogens with zero attached hydrogens (tertiary/aromatic N) is 1. The van der Waals surface area contributed by atoms with Gasteiger partial charge in [0.25, 0.3) is 5.91 Å². The smallest absolute Gasteiger partial charge is 0.277 e. The molecule has 2 aromatic rings. The molecule has 0 aliphatic carbocycles. The Kier molecular flexibility index (Phi) is 5.31. The van der Waals surface area contributed by atoms with Crippen LogP contribution in [-0.2, 0) is 4.79 Å². The fourth-order valence-corrected chi connectivity index (χ4v) is 2.07. The number of amides is 1. The Labute approximate surface area is 130 Å². The highest BCUT2D eigenvalue weighted by Gasteiger charge is 2.04. The van der Waals surface area contributed by atoms with Gasteiger partial charge in [-0.25, -0.2) is 5.43 Å². The third kappa shape index (κ3) is 4.74. The lowest BCUT2D eigenvalue weighted by molar-refractivity contribution is -0.123. The largest absolute Gasteiger partial charge is 0.483 e. The lowest BCUT2D eigenvalue weighted by atomic mass is 10.1. The molecular weight excluding hydrogens is 276 g/mol. The van der Waals surface area contributed by atoms with Crippen molar-refractivity contribution in [2.75, 3.05) is 6.61 Å². The molecule has 0 aromatic heterocycles. The predicted octanol–water partition coefficient (Wildman–Crippen LogP) is 3.14. The molecule has 0 unspecified atom stereocenters. The summed E-state index contributed by atoms with van der Waals surface area (Å²) >= 11 is 0. The molecule has 0 radical (unpaired) electrons. The van der Waals surface area contributed by atoms with E-state index in [-0.39, 0.29) is 12.5 Å². The van der Waals surface area contributed by atoms with E-state index in [1.807, 2.05) is 63.2 Å². The van der Waals surface area contributed by atoms with Crippen LogP contribution >= 0.6 is 0 Å². The summed E-state index contributed by atoms with van der Waals surface area (Å²) in [6.45, 7) is 5.92. The van der Waals surface area contributed by atoms with Crippen molar-refractivity contribution in [1.82, 2.24) is 5.43 Å². The van der Waals surface area contributed by atoms with Gasteiger partial charge in [-0.2, -0.15) is 5.10 Å². The van der Waals surface area contributed by atoms with Gasteiger partial charge in [-0.1, -0.05) is 47.5 Å². The van der Waals surface area contributed by atoms with E-state index in [0.29, 0.717) is 5.75 Å². The van der Waals surface area contributed by atoms with Crippen molar-refractivity contribution >= 4 is 12.1 Å². The second-order valence-corrected chi connectivity index (χ2v) is 5.26. The molecule has 2 aromatic carbocycles. The van der Waals surface area contributed by atoms with Crippen LogP contribution in [0.1, 0.15) is 22.3 Å². The predicted molar refractivity (Wildman–Crippen MR) is 88.3 cm³/mol. The first-order valence-electron chi connectivity index (χ1n) is 7.13. The van der Waals surface area contributed by atoms with Crippen molar-refractivity contribution in [1.29, 1.82) is 0 Å². The zero-order chi connectivity index (χ0) is 15.9. The molecule has 0 aliphatic heterocycles. The van der Waals surface area contributed by atoms with Crippen molar-refractivity contribution in [2.45, 2.75) is 20.8 Å². The number of aryl methyl sites for hydroxylation is 3. The van der Waals surface area contributed by atoms with Gasteiger partial charge >= 0.3 is 0 Å². The molecule has 0 aliphatic rings. The fourth-order valence-electron chi connectivity index (χ4n) is 2.07. The first-order chi connectivity index (χ1) is 10.5. The van der Waals surface area contributed by atoms with Crippen LogP contribution in [0.2, 0.25) is 0 Å². The second kappa shape index (κ2) is 7.41. The lowest BCUT2D eigenvalue weighted by Crippen LogP contribution is -2.24. The summed E-state index contributed by atoms with van der Waals surface area (Å²) in [7, 11) is 0. The minimum Gasteiger partial charge on any atom is -0.483 e. The van der Waals surface area contributed by atoms with Gasteiger partial charge in [0.15, 0.2) is 6.61 Å². The van der Waals surface area contributed by atoms with Gasteiger partial charge in [-0.05, 0) is 38.0 Å². The zero-order valence-electron chi connectivity index (χ0n) is 13.1. The van der Waals surface area contributed by atoms with Crippen LogP contribution in [0.25, 0.3) is 0 Å². The van der Waals surface area contributed by atoms with Crippen LogP contribution in [0, 0.1) is 20.8 Å². The maximum Gasteiger partial charge on any atom is 0.277 e. The molecule has 0 spiro atoms. The lowest BCUT2D eigenvalue weighted by Gasteiger charge is -2.08. The summed E-state index contributed by atoms with van der Waals surface area (Å²) in [6, 6.07) is 13.7. The van der Waals surface area contributed by atoms with E-state index in [2.05, 4.69) is 10.5 Å². The van der Waals surface area contributed by atoms with Gasteiger partial charge in [0, 0.05) is 0 Å². The summed E-state index contributed by atoms with van der Waals surface area (Å²) in [4.78, 5) is 11.7. The van der Waals surface area contributed by atoms with Crippen molar-refractivity contribution in [3.05, 3.63) is 64.7 Å². The van der Waals surface area contributed by atoms with Crippen LogP contribution in [-0.4, -0.2) is 18.7 Å². The highest BCUT2D eigenvalue weighted by molar-refractivity contribution is 5.83. The molecule has 0 atom stereocenters. The molecule has 4 heteroatoms. The monoisotopic (exact) mass is 296 g/mol. The van der Waals surface area contributed by atoms with Crippen molar-refractivity contribution < 1.29 is 9.53 Å². The van der Waals surface area contributed by atoms with Gasteiger partial charge in [0.1, 0.15) is 5.75 Å². The number of carbonyl (C=O) groups is 1. The van der Waals surface area contributed by atoms with E-state index in [1.165, 1.54) is 0 Å². The maximum absolute atomic E-state index is 11.7. The van der Waals surface area contributed by atoms with E-state index in [0.717, 1.165) is 22.3 Å². The fraction of sp³-hybridized carbons (Fsp3) is 0.222. The molecule has 0 bridgehead atoms. The van der Waals surface area contributed by atoms with E-state index >= 15 is 0 Å². The van der Waals surface area contributed by atoms with Gasteiger partial charge in [-0.3, -0.25) is 4.79 Å². The Bertz CT molecular complexity index is 693. The average Bonchev–Trinajstić information content (AvgIpc) is 2.46. The standard InChI is InChI=1S/C18H20N2O2/c1-13-5-4-6-16(10-13)11-19-20-18(21)12-22-17-8-7-14(2)9-15(17)3/h4-11H,12H2,1-3H3,(H,20,21)/b19-11+. The SMILES string of the molecule is Cc1cccc(/C=N/NC(=O)COc2ccc(C)cc2C)c1. The molecule has 22 heavy (non-hydrogen) atoms. The summed E-state index contributed by atoms with van der Waals surface area (Å²) in [5, 5.41) is 3.93. The van der Waals surface area contributed by atoms with E-state index in [4.69, 9.17) is 4.74 Å².